The molecule has 0 bridgehead atoms. The summed E-state index contributed by atoms with van der Waals surface area (Å²) < 4.78 is 3.11. The minimum Gasteiger partial charge on any atom is -0.543 e. The van der Waals surface area contributed by atoms with Gasteiger partial charge in [-0.05, 0) is 6.07 Å². The summed E-state index contributed by atoms with van der Waals surface area (Å²) in [6, 6.07) is 0.753. The molecule has 0 spiro atoms. The first-order valence-corrected chi connectivity index (χ1v) is 11.6. The minimum absolute atomic E-state index is 0.0553. The van der Waals surface area contributed by atoms with E-state index in [1.807, 2.05) is 0 Å². The number of hydrogen-bond donors (Lipinski definition) is 3. The van der Waals surface area contributed by atoms with E-state index in [-0.39, 0.29) is 28.8 Å². The Kier molecular flexibility index (Phi) is 5.37. The van der Waals surface area contributed by atoms with E-state index in [4.69, 9.17) is 5.73 Å². The number of anilines is 1. The number of nitrogens with two attached hydrogens (primary N) is 1. The molecule has 0 aromatic carbocycles. The molecule has 0 saturated carbocycles. The summed E-state index contributed by atoms with van der Waals surface area (Å²) in [5.41, 5.74) is 6.16. The van der Waals surface area contributed by atoms with Crippen LogP contribution in [0.4, 0.5) is 5.13 Å². The molecule has 3 aromatic heterocycles. The van der Waals surface area contributed by atoms with Crippen LogP contribution in [0, 0.1) is 0 Å². The Balaban J connectivity index is 1.35. The Morgan fingerprint density at radius 2 is 2.26 bits per heavy atom. The van der Waals surface area contributed by atoms with E-state index < -0.39 is 34.9 Å². The second-order valence-corrected chi connectivity index (χ2v) is 9.27. The van der Waals surface area contributed by atoms with Gasteiger partial charge in [-0.2, -0.15) is 5.10 Å². The predicted molar refractivity (Wildman–Crippen MR) is 115 cm³/mol. The van der Waals surface area contributed by atoms with Crippen molar-refractivity contribution in [3.8, 4) is 0 Å². The minimum atomic E-state index is -1.50. The lowest BCUT2D eigenvalue weighted by Crippen LogP contribution is -2.71. The number of carbonyl (C=O) groups is 3. The van der Waals surface area contributed by atoms with E-state index in [0.29, 0.717) is 5.57 Å². The number of carboxylic acid groups (broad SMARTS) is 1. The first-order valence-electron chi connectivity index (χ1n) is 9.69. The van der Waals surface area contributed by atoms with Gasteiger partial charge in [0.1, 0.15) is 22.6 Å². The lowest BCUT2D eigenvalue weighted by molar-refractivity contribution is -0.746. The lowest BCUT2D eigenvalue weighted by Gasteiger charge is -2.50. The highest BCUT2D eigenvalue weighted by Gasteiger charge is 2.53. The molecule has 34 heavy (non-hydrogen) atoms. The third kappa shape index (κ3) is 3.61. The summed E-state index contributed by atoms with van der Waals surface area (Å²) in [4.78, 5) is 42.4. The maximum Gasteiger partial charge on any atom is 0.276 e. The number of aromatic nitrogens is 5. The topological polar surface area (TPSA) is 195 Å². The third-order valence-electron chi connectivity index (χ3n) is 5.25. The predicted octanol–water partition coefficient (Wildman–Crippen LogP) is -2.66. The number of rotatable bonds is 6. The van der Waals surface area contributed by atoms with Gasteiger partial charge < -0.3 is 26.2 Å². The van der Waals surface area contributed by atoms with E-state index in [9.17, 15) is 24.7 Å². The van der Waals surface area contributed by atoms with E-state index in [1.54, 1.807) is 27.7 Å². The summed E-state index contributed by atoms with van der Waals surface area (Å²) >= 11 is 2.34. The number of β-lactam (4-membered cyclic amide) rings is 1. The number of carbonyl (C=O) groups excluding carboxylic acids is 3. The van der Waals surface area contributed by atoms with E-state index in [1.165, 1.54) is 23.5 Å². The molecular weight excluding hydrogens is 486 g/mol. The molecule has 16 heteroatoms. The highest BCUT2D eigenvalue weighted by atomic mass is 32.2. The molecule has 2 atom stereocenters. The van der Waals surface area contributed by atoms with Crippen molar-refractivity contribution in [1.29, 1.82) is 0 Å². The number of hydrogen-bond acceptors (Lipinski definition) is 12. The van der Waals surface area contributed by atoms with Crippen molar-refractivity contribution in [2.75, 3.05) is 11.5 Å². The Labute approximate surface area is 198 Å². The number of thiazole rings is 1. The number of fused-ring (bicyclic) bond motifs is 2. The molecule has 14 nitrogen and oxygen atoms in total. The van der Waals surface area contributed by atoms with E-state index in [2.05, 4.69) is 25.7 Å². The molecule has 2 amide bonds. The standard InChI is InChI=1S/C18H15N9O5S2/c19-18-22-10(6-34-18)11(24-32)14(28)23-12-15(29)27-13(17(30)31)8(5-33-16(12)27)3-25-4-9-1-2-20-26(9)7-21-25/h1-2,4,6-7,12,16H,3,5H2,(H4-,19,22,23,28,30,31,32). The Morgan fingerprint density at radius 3 is 2.97 bits per heavy atom. The number of oxime groups is 1. The monoisotopic (exact) mass is 501 g/mol. The quantitative estimate of drug-likeness (QED) is 0.105. The molecule has 2 aliphatic heterocycles. The molecule has 2 aliphatic rings. The zero-order valence-corrected chi connectivity index (χ0v) is 18.7. The van der Waals surface area contributed by atoms with Crippen molar-refractivity contribution in [2.45, 2.75) is 18.0 Å². The van der Waals surface area contributed by atoms with Crippen LogP contribution in [-0.2, 0) is 20.9 Å². The van der Waals surface area contributed by atoms with Gasteiger partial charge in [0.05, 0.1) is 17.9 Å². The summed E-state index contributed by atoms with van der Waals surface area (Å²) in [6.07, 6.45) is 4.80. The van der Waals surface area contributed by atoms with Gasteiger partial charge in [-0.15, -0.1) is 23.1 Å². The van der Waals surface area contributed by atoms with Crippen LogP contribution in [0.25, 0.3) is 5.52 Å². The smallest absolute Gasteiger partial charge is 0.276 e. The SMILES string of the molecule is Nc1nc(/C(=N/O)C(=O)NC2C(=O)N3C(C(=O)[O-])=C(C[n+]4cc5ccnn5cn4)CSC23)cs1. The van der Waals surface area contributed by atoms with Crippen LogP contribution in [0.15, 0.2) is 46.6 Å². The largest absolute Gasteiger partial charge is 0.543 e. The Bertz CT molecular complexity index is 1400. The average Bonchev–Trinajstić information content (AvgIpc) is 3.46. The fourth-order valence-electron chi connectivity index (χ4n) is 3.72. The van der Waals surface area contributed by atoms with Crippen molar-refractivity contribution < 1.29 is 29.4 Å². The Morgan fingerprint density at radius 1 is 1.44 bits per heavy atom. The van der Waals surface area contributed by atoms with Gasteiger partial charge in [-0.3, -0.25) is 14.5 Å². The van der Waals surface area contributed by atoms with Crippen LogP contribution in [-0.4, -0.2) is 70.5 Å². The first kappa shape index (κ1) is 21.8. The van der Waals surface area contributed by atoms with Gasteiger partial charge in [-0.25, -0.2) is 9.50 Å². The lowest BCUT2D eigenvalue weighted by atomic mass is 10.0. The van der Waals surface area contributed by atoms with Crippen LogP contribution in [0.2, 0.25) is 0 Å². The molecular formula is C18H15N9O5S2. The number of nitrogen functional groups attached to an aromatic ring is 1. The number of nitrogens with zero attached hydrogens (tertiary/aromatic N) is 7. The zero-order valence-electron chi connectivity index (χ0n) is 17.1. The van der Waals surface area contributed by atoms with Crippen LogP contribution in [0.5, 0.6) is 0 Å². The summed E-state index contributed by atoms with van der Waals surface area (Å²) in [5.74, 6) is -2.70. The molecule has 1 saturated heterocycles. The van der Waals surface area contributed by atoms with E-state index in [0.717, 1.165) is 21.8 Å². The van der Waals surface area contributed by atoms with Crippen LogP contribution in [0.1, 0.15) is 5.69 Å². The van der Waals surface area contributed by atoms with Gasteiger partial charge in [0.25, 0.3) is 11.8 Å². The number of aliphatic carboxylic acids is 1. The van der Waals surface area contributed by atoms with Gasteiger partial charge in [0, 0.05) is 21.8 Å². The van der Waals surface area contributed by atoms with Crippen molar-refractivity contribution >= 4 is 57.2 Å². The number of amides is 2. The van der Waals surface area contributed by atoms with Crippen molar-refractivity contribution in [3.63, 3.8) is 0 Å². The summed E-state index contributed by atoms with van der Waals surface area (Å²) in [6.45, 7) is 0.123. The van der Waals surface area contributed by atoms with Crippen LogP contribution >= 0.6 is 23.1 Å². The van der Waals surface area contributed by atoms with Crippen LogP contribution in [0.3, 0.4) is 0 Å². The molecule has 1 fully saturated rings. The van der Waals surface area contributed by atoms with Crippen molar-refractivity contribution in [2.24, 2.45) is 5.16 Å². The second-order valence-electron chi connectivity index (χ2n) is 7.28. The van der Waals surface area contributed by atoms with Crippen molar-refractivity contribution in [1.82, 2.24) is 29.9 Å². The number of nitrogens with one attached hydrogen (secondary N) is 1. The second kappa shape index (κ2) is 8.38. The number of carboxylic acids is 1. The maximum absolute atomic E-state index is 12.8. The molecule has 174 valence electrons. The molecule has 4 N–H and O–H groups in total. The first-order chi connectivity index (χ1) is 16.4. The maximum atomic E-state index is 12.8. The summed E-state index contributed by atoms with van der Waals surface area (Å²) in [7, 11) is 0. The zero-order chi connectivity index (χ0) is 24.0. The highest BCUT2D eigenvalue weighted by molar-refractivity contribution is 8.00. The molecule has 5 heterocycles. The normalized spacial score (nSPS) is 20.3. The molecule has 3 aromatic rings. The van der Waals surface area contributed by atoms with Gasteiger partial charge in [0.2, 0.25) is 6.20 Å². The average molecular weight is 502 g/mol. The van der Waals surface area contributed by atoms with Crippen molar-refractivity contribution in [3.05, 3.63) is 47.1 Å². The Hall–Kier alpha value is -4.05. The fraction of sp³-hybridized carbons (Fsp3) is 0.222. The van der Waals surface area contributed by atoms with Gasteiger partial charge in [-0.1, -0.05) is 9.84 Å². The van der Waals surface area contributed by atoms with Crippen LogP contribution < -0.4 is 20.8 Å². The third-order valence-corrected chi connectivity index (χ3v) is 7.26. The van der Waals surface area contributed by atoms with Gasteiger partial charge in [0.15, 0.2) is 23.7 Å². The van der Waals surface area contributed by atoms with Gasteiger partial charge >= 0.3 is 0 Å². The molecule has 0 aliphatic carbocycles. The molecule has 2 unspecified atom stereocenters. The fourth-order valence-corrected chi connectivity index (χ4v) is 5.60. The molecule has 5 rings (SSSR count). The molecule has 0 radical (unpaired) electrons. The number of thioether (sulfide) groups is 1. The highest BCUT2D eigenvalue weighted by Crippen LogP contribution is 2.40. The van der Waals surface area contributed by atoms with E-state index >= 15 is 0 Å². The summed E-state index contributed by atoms with van der Waals surface area (Å²) in [5, 5.41) is 35.9.